The number of nitrogen functional groups attached to an aromatic ring is 1. The van der Waals surface area contributed by atoms with E-state index >= 15 is 0 Å². The third-order valence-corrected chi connectivity index (χ3v) is 3.86. The van der Waals surface area contributed by atoms with Gasteiger partial charge in [0, 0.05) is 19.0 Å². The molecule has 2 rings (SSSR count). The van der Waals surface area contributed by atoms with Crippen molar-refractivity contribution in [2.45, 2.75) is 24.0 Å². The fourth-order valence-corrected chi connectivity index (χ4v) is 2.57. The molecule has 0 aliphatic carbocycles. The highest BCUT2D eigenvalue weighted by molar-refractivity contribution is 7.99. The first-order valence-corrected chi connectivity index (χ1v) is 7.26. The van der Waals surface area contributed by atoms with Crippen LogP contribution >= 0.6 is 11.8 Å². The summed E-state index contributed by atoms with van der Waals surface area (Å²) < 4.78 is 0. The van der Waals surface area contributed by atoms with Crippen molar-refractivity contribution in [2.75, 3.05) is 24.7 Å². The predicted molar refractivity (Wildman–Crippen MR) is 84.0 cm³/mol. The zero-order chi connectivity index (χ0) is 14.7. The highest BCUT2D eigenvalue weighted by atomic mass is 32.2. The average Bonchev–Trinajstić information content (AvgIpc) is 2.40. The smallest absolute Gasteiger partial charge is 0.229 e. The lowest BCUT2D eigenvalue weighted by atomic mass is 10.2. The molecule has 0 saturated heterocycles. The Hall–Kier alpha value is -1.82. The number of hydrogen-bond donors (Lipinski definition) is 1. The van der Waals surface area contributed by atoms with Crippen LogP contribution in [0.4, 0.5) is 11.9 Å². The van der Waals surface area contributed by atoms with Gasteiger partial charge in [-0.2, -0.15) is 15.0 Å². The lowest BCUT2D eigenvalue weighted by Crippen LogP contribution is -2.16. The molecule has 0 aliphatic rings. The first-order chi connectivity index (χ1) is 9.45. The van der Waals surface area contributed by atoms with Crippen LogP contribution in [0.1, 0.15) is 23.6 Å². The Bertz CT molecular complexity index is 583. The fraction of sp³-hybridized carbons (Fsp3) is 0.357. The Morgan fingerprint density at radius 3 is 2.35 bits per heavy atom. The van der Waals surface area contributed by atoms with Gasteiger partial charge in [0.2, 0.25) is 11.9 Å². The van der Waals surface area contributed by atoms with Gasteiger partial charge in [0.25, 0.3) is 0 Å². The van der Waals surface area contributed by atoms with Crippen molar-refractivity contribution in [1.82, 2.24) is 15.0 Å². The van der Waals surface area contributed by atoms with Crippen molar-refractivity contribution >= 4 is 23.7 Å². The SMILES string of the molecule is Cc1ccc(S[C@H](C)c2nc(N)nc(N(C)C)n2)cc1. The summed E-state index contributed by atoms with van der Waals surface area (Å²) >= 11 is 1.71. The second kappa shape index (κ2) is 6.09. The van der Waals surface area contributed by atoms with Crippen molar-refractivity contribution in [1.29, 1.82) is 0 Å². The monoisotopic (exact) mass is 289 g/mol. The van der Waals surface area contributed by atoms with Crippen LogP contribution in [0, 0.1) is 6.92 Å². The van der Waals surface area contributed by atoms with Crippen LogP contribution in [0.2, 0.25) is 0 Å². The number of thioether (sulfide) groups is 1. The van der Waals surface area contributed by atoms with Gasteiger partial charge >= 0.3 is 0 Å². The summed E-state index contributed by atoms with van der Waals surface area (Å²) in [5.41, 5.74) is 7.00. The van der Waals surface area contributed by atoms with E-state index in [4.69, 9.17) is 5.73 Å². The Morgan fingerprint density at radius 1 is 1.10 bits per heavy atom. The second-order valence-corrected chi connectivity index (χ2v) is 6.23. The molecule has 6 heteroatoms. The van der Waals surface area contributed by atoms with Gasteiger partial charge in [-0.25, -0.2) is 0 Å². The summed E-state index contributed by atoms with van der Waals surface area (Å²) in [5, 5.41) is 0.113. The molecule has 0 spiro atoms. The maximum absolute atomic E-state index is 5.75. The van der Waals surface area contributed by atoms with Crippen LogP contribution in [0.15, 0.2) is 29.2 Å². The van der Waals surface area contributed by atoms with E-state index in [1.165, 1.54) is 10.5 Å². The molecule has 106 valence electrons. The summed E-state index contributed by atoms with van der Waals surface area (Å²) in [5.74, 6) is 1.55. The van der Waals surface area contributed by atoms with Gasteiger partial charge in [0.15, 0.2) is 0 Å². The highest BCUT2D eigenvalue weighted by Crippen LogP contribution is 2.33. The van der Waals surface area contributed by atoms with Crippen LogP contribution in [-0.4, -0.2) is 29.0 Å². The molecule has 1 aromatic carbocycles. The Balaban J connectivity index is 2.20. The molecule has 1 heterocycles. The number of hydrogen-bond acceptors (Lipinski definition) is 6. The van der Waals surface area contributed by atoms with Crippen molar-refractivity contribution in [2.24, 2.45) is 0 Å². The molecular formula is C14H19N5S. The molecule has 0 radical (unpaired) electrons. The van der Waals surface area contributed by atoms with Crippen LogP contribution in [0.3, 0.4) is 0 Å². The number of anilines is 2. The van der Waals surface area contributed by atoms with Gasteiger partial charge in [-0.15, -0.1) is 11.8 Å². The number of nitrogens with two attached hydrogens (primary N) is 1. The van der Waals surface area contributed by atoms with E-state index in [0.29, 0.717) is 11.8 Å². The second-order valence-electron chi connectivity index (χ2n) is 4.82. The largest absolute Gasteiger partial charge is 0.368 e. The molecule has 5 nitrogen and oxygen atoms in total. The van der Waals surface area contributed by atoms with Gasteiger partial charge in [-0.05, 0) is 26.0 Å². The van der Waals surface area contributed by atoms with Crippen LogP contribution in [0.5, 0.6) is 0 Å². The van der Waals surface area contributed by atoms with E-state index in [1.807, 2.05) is 19.0 Å². The van der Waals surface area contributed by atoms with Crippen LogP contribution in [-0.2, 0) is 0 Å². The minimum Gasteiger partial charge on any atom is -0.368 e. The van der Waals surface area contributed by atoms with Crippen molar-refractivity contribution in [3.8, 4) is 0 Å². The normalized spacial score (nSPS) is 12.2. The van der Waals surface area contributed by atoms with E-state index in [9.17, 15) is 0 Å². The zero-order valence-corrected chi connectivity index (χ0v) is 13.0. The standard InChI is InChI=1S/C14H19N5S/c1-9-5-7-11(8-6-9)20-10(2)12-16-13(15)18-14(17-12)19(3)4/h5-8,10H,1-4H3,(H2,15,16,17,18)/t10-/m1/s1. The van der Waals surface area contributed by atoms with E-state index < -0.39 is 0 Å². The number of benzene rings is 1. The molecule has 0 fully saturated rings. The number of aryl methyl sites for hydroxylation is 1. The van der Waals surface area contributed by atoms with Crippen molar-refractivity contribution in [3.05, 3.63) is 35.7 Å². The van der Waals surface area contributed by atoms with E-state index in [1.54, 1.807) is 11.8 Å². The maximum Gasteiger partial charge on any atom is 0.229 e. The third kappa shape index (κ3) is 3.60. The fourth-order valence-electron chi connectivity index (χ4n) is 1.65. The Kier molecular flexibility index (Phi) is 4.44. The summed E-state index contributed by atoms with van der Waals surface area (Å²) in [6, 6.07) is 8.41. The zero-order valence-electron chi connectivity index (χ0n) is 12.2. The first-order valence-electron chi connectivity index (χ1n) is 6.38. The van der Waals surface area contributed by atoms with Crippen molar-refractivity contribution in [3.63, 3.8) is 0 Å². The summed E-state index contributed by atoms with van der Waals surface area (Å²) in [7, 11) is 3.77. The number of rotatable bonds is 4. The lowest BCUT2D eigenvalue weighted by molar-refractivity contribution is 0.865. The lowest BCUT2D eigenvalue weighted by Gasteiger charge is -2.14. The molecule has 0 aliphatic heterocycles. The Labute approximate surface area is 123 Å². The molecular weight excluding hydrogens is 270 g/mol. The molecule has 2 aromatic rings. The topological polar surface area (TPSA) is 67.9 Å². The average molecular weight is 289 g/mol. The molecule has 2 N–H and O–H groups in total. The highest BCUT2D eigenvalue weighted by Gasteiger charge is 2.14. The molecule has 0 bridgehead atoms. The molecule has 1 atom stereocenters. The molecule has 0 unspecified atom stereocenters. The maximum atomic E-state index is 5.75. The van der Waals surface area contributed by atoms with Gasteiger partial charge in [0.05, 0.1) is 5.25 Å². The summed E-state index contributed by atoms with van der Waals surface area (Å²) in [6.45, 7) is 4.15. The van der Waals surface area contributed by atoms with E-state index in [-0.39, 0.29) is 11.2 Å². The molecule has 20 heavy (non-hydrogen) atoms. The first kappa shape index (κ1) is 14.6. The number of aromatic nitrogens is 3. The van der Waals surface area contributed by atoms with Crippen LogP contribution in [0.25, 0.3) is 0 Å². The van der Waals surface area contributed by atoms with Gasteiger partial charge in [-0.1, -0.05) is 17.7 Å². The minimum absolute atomic E-state index is 0.113. The van der Waals surface area contributed by atoms with Crippen molar-refractivity contribution < 1.29 is 0 Å². The molecule has 0 saturated carbocycles. The van der Waals surface area contributed by atoms with E-state index in [2.05, 4.69) is 53.1 Å². The van der Waals surface area contributed by atoms with Gasteiger partial charge in [-0.3, -0.25) is 0 Å². The number of nitrogens with zero attached hydrogens (tertiary/aromatic N) is 4. The molecule has 0 amide bonds. The van der Waals surface area contributed by atoms with Gasteiger partial charge in [0.1, 0.15) is 5.82 Å². The quantitative estimate of drug-likeness (QED) is 0.873. The Morgan fingerprint density at radius 2 is 1.75 bits per heavy atom. The minimum atomic E-state index is 0.113. The summed E-state index contributed by atoms with van der Waals surface area (Å²) in [6.07, 6.45) is 0. The third-order valence-electron chi connectivity index (χ3n) is 2.76. The molecule has 1 aromatic heterocycles. The summed E-state index contributed by atoms with van der Waals surface area (Å²) in [4.78, 5) is 15.8. The predicted octanol–water partition coefficient (Wildman–Crippen LogP) is 2.68. The van der Waals surface area contributed by atoms with Gasteiger partial charge < -0.3 is 10.6 Å². The van der Waals surface area contributed by atoms with E-state index in [0.717, 1.165) is 0 Å². The van der Waals surface area contributed by atoms with Crippen LogP contribution < -0.4 is 10.6 Å².